The van der Waals surface area contributed by atoms with Gasteiger partial charge in [-0.1, -0.05) is 24.6 Å². The maximum atomic E-state index is 8.88. The van der Waals surface area contributed by atoms with E-state index in [0.29, 0.717) is 5.92 Å². The van der Waals surface area contributed by atoms with Gasteiger partial charge in [-0.25, -0.2) is 0 Å². The molecular formula is C16H22N2O. The van der Waals surface area contributed by atoms with Gasteiger partial charge in [0.25, 0.3) is 0 Å². The van der Waals surface area contributed by atoms with Crippen molar-refractivity contribution in [1.29, 1.82) is 0 Å². The molecule has 102 valence electrons. The summed E-state index contributed by atoms with van der Waals surface area (Å²) in [6.07, 6.45) is 14.3. The zero-order chi connectivity index (χ0) is 13.3. The van der Waals surface area contributed by atoms with E-state index >= 15 is 0 Å². The number of H-pyrrole nitrogens is 1. The summed E-state index contributed by atoms with van der Waals surface area (Å²) >= 11 is 0. The van der Waals surface area contributed by atoms with Crippen LogP contribution in [0.1, 0.15) is 43.9 Å². The lowest BCUT2D eigenvalue weighted by atomic mass is 9.59. The van der Waals surface area contributed by atoms with Crippen LogP contribution in [0.15, 0.2) is 23.9 Å². The second-order valence-corrected chi connectivity index (χ2v) is 6.05. The van der Waals surface area contributed by atoms with Gasteiger partial charge in [0.05, 0.1) is 18.5 Å². The summed E-state index contributed by atoms with van der Waals surface area (Å²) in [4.78, 5) is 0. The van der Waals surface area contributed by atoms with Crippen LogP contribution in [0.5, 0.6) is 0 Å². The van der Waals surface area contributed by atoms with Crippen LogP contribution in [0.4, 0.5) is 0 Å². The third kappa shape index (κ3) is 2.16. The summed E-state index contributed by atoms with van der Waals surface area (Å²) in [7, 11) is 0. The smallest absolute Gasteiger partial charge is 0.0612 e. The Balaban J connectivity index is 1.88. The first-order chi connectivity index (χ1) is 9.24. The van der Waals surface area contributed by atoms with Crippen molar-refractivity contribution in [3.63, 3.8) is 0 Å². The van der Waals surface area contributed by atoms with Crippen molar-refractivity contribution >= 4 is 6.08 Å². The molecule has 0 aliphatic heterocycles. The van der Waals surface area contributed by atoms with Crippen LogP contribution >= 0.6 is 0 Å². The largest absolute Gasteiger partial charge is 0.392 e. The van der Waals surface area contributed by atoms with Crippen molar-refractivity contribution < 1.29 is 5.11 Å². The number of hydrogen-bond donors (Lipinski definition) is 2. The van der Waals surface area contributed by atoms with Gasteiger partial charge in [-0.15, -0.1) is 0 Å². The van der Waals surface area contributed by atoms with E-state index in [-0.39, 0.29) is 12.0 Å². The monoisotopic (exact) mass is 258 g/mol. The molecule has 1 aromatic heterocycles. The minimum absolute atomic E-state index is 0.151. The van der Waals surface area contributed by atoms with Crippen LogP contribution in [0.25, 0.3) is 6.08 Å². The number of rotatable bonds is 3. The molecule has 0 aromatic carbocycles. The third-order valence-electron chi connectivity index (χ3n) is 4.95. The molecule has 0 spiro atoms. The average molecular weight is 258 g/mol. The molecule has 19 heavy (non-hydrogen) atoms. The highest BCUT2D eigenvalue weighted by Gasteiger charge is 2.42. The molecule has 1 fully saturated rings. The number of allylic oxidation sites excluding steroid dienone is 2. The summed E-state index contributed by atoms with van der Waals surface area (Å²) in [5.41, 5.74) is 4.41. The Hall–Kier alpha value is -1.35. The van der Waals surface area contributed by atoms with E-state index in [1.807, 2.05) is 12.3 Å². The van der Waals surface area contributed by atoms with E-state index in [4.69, 9.17) is 5.11 Å². The highest BCUT2D eigenvalue weighted by molar-refractivity contribution is 5.58. The fourth-order valence-corrected chi connectivity index (χ4v) is 3.77. The van der Waals surface area contributed by atoms with Crippen molar-refractivity contribution in [2.24, 2.45) is 11.3 Å². The lowest BCUT2D eigenvalue weighted by Crippen LogP contribution is -2.36. The highest BCUT2D eigenvalue weighted by atomic mass is 16.2. The van der Waals surface area contributed by atoms with Crippen LogP contribution in [0.3, 0.4) is 0 Å². The van der Waals surface area contributed by atoms with Gasteiger partial charge in [0.2, 0.25) is 0 Å². The maximum Gasteiger partial charge on any atom is 0.0612 e. The lowest BCUT2D eigenvalue weighted by molar-refractivity contribution is 0.183. The van der Waals surface area contributed by atoms with Gasteiger partial charge in [0.15, 0.2) is 0 Å². The van der Waals surface area contributed by atoms with E-state index in [2.05, 4.69) is 29.3 Å². The number of aromatic nitrogens is 2. The first-order valence-corrected chi connectivity index (χ1v) is 7.23. The fraction of sp³-hybridized carbons (Fsp3) is 0.562. The minimum Gasteiger partial charge on any atom is -0.392 e. The molecule has 1 saturated carbocycles. The van der Waals surface area contributed by atoms with Gasteiger partial charge in [0, 0.05) is 0 Å². The first-order valence-electron chi connectivity index (χ1n) is 7.23. The Bertz CT molecular complexity index is 515. The van der Waals surface area contributed by atoms with Crippen LogP contribution in [-0.2, 0) is 6.42 Å². The second kappa shape index (κ2) is 4.97. The molecule has 2 N–H and O–H groups in total. The number of nitrogens with one attached hydrogen (secondary N) is 1. The van der Waals surface area contributed by atoms with Gasteiger partial charge in [-0.3, -0.25) is 5.10 Å². The highest BCUT2D eigenvalue weighted by Crippen LogP contribution is 2.51. The lowest BCUT2D eigenvalue weighted by Gasteiger charge is -2.45. The van der Waals surface area contributed by atoms with E-state index in [9.17, 15) is 0 Å². The van der Waals surface area contributed by atoms with Crippen LogP contribution in [-0.4, -0.2) is 21.9 Å². The van der Waals surface area contributed by atoms with E-state index in [1.54, 1.807) is 5.57 Å². The second-order valence-electron chi connectivity index (χ2n) is 6.05. The Morgan fingerprint density at radius 1 is 1.53 bits per heavy atom. The van der Waals surface area contributed by atoms with Crippen molar-refractivity contribution in [1.82, 2.24) is 10.2 Å². The topological polar surface area (TPSA) is 48.9 Å². The molecular weight excluding hydrogens is 236 g/mol. The number of aliphatic hydroxyl groups is 1. The molecule has 2 aliphatic rings. The van der Waals surface area contributed by atoms with Gasteiger partial charge >= 0.3 is 0 Å². The SMILES string of the molecule is C[C@]12Cc3cn[nH]c3C=C1CCC[C@@H]2C/C=C\CO. The summed E-state index contributed by atoms with van der Waals surface area (Å²) in [6.45, 7) is 2.56. The number of fused-ring (bicyclic) bond motifs is 2. The zero-order valence-corrected chi connectivity index (χ0v) is 11.5. The molecule has 0 radical (unpaired) electrons. The summed E-state index contributed by atoms with van der Waals surface area (Å²) in [6, 6.07) is 0. The molecule has 2 atom stereocenters. The molecule has 1 aromatic rings. The predicted octanol–water partition coefficient (Wildman–Crippen LogP) is 3.09. The molecule has 0 saturated heterocycles. The number of aromatic amines is 1. The molecule has 3 heteroatoms. The van der Waals surface area contributed by atoms with Crippen molar-refractivity contribution in [2.45, 2.75) is 39.0 Å². The minimum atomic E-state index is 0.151. The van der Waals surface area contributed by atoms with E-state index in [0.717, 1.165) is 12.8 Å². The maximum absolute atomic E-state index is 8.88. The quantitative estimate of drug-likeness (QED) is 0.818. The molecule has 0 bridgehead atoms. The normalized spacial score (nSPS) is 30.0. The number of aliphatic hydroxyl groups excluding tert-OH is 1. The third-order valence-corrected chi connectivity index (χ3v) is 4.95. The van der Waals surface area contributed by atoms with Crippen molar-refractivity contribution in [3.8, 4) is 0 Å². The van der Waals surface area contributed by atoms with Gasteiger partial charge in [0.1, 0.15) is 0 Å². The molecule has 3 rings (SSSR count). The zero-order valence-electron chi connectivity index (χ0n) is 11.5. The Morgan fingerprint density at radius 2 is 2.42 bits per heavy atom. The van der Waals surface area contributed by atoms with E-state index < -0.39 is 0 Å². The van der Waals surface area contributed by atoms with Crippen molar-refractivity contribution in [3.05, 3.63) is 35.2 Å². The number of nitrogens with zero attached hydrogens (tertiary/aromatic N) is 1. The van der Waals surface area contributed by atoms with Crippen LogP contribution in [0, 0.1) is 11.3 Å². The molecule has 0 amide bonds. The summed E-state index contributed by atoms with van der Waals surface area (Å²) in [5, 5.41) is 16.2. The molecule has 0 unspecified atom stereocenters. The first kappa shape index (κ1) is 12.7. The number of hydrogen-bond acceptors (Lipinski definition) is 2. The van der Waals surface area contributed by atoms with E-state index in [1.165, 1.54) is 30.5 Å². The van der Waals surface area contributed by atoms with Crippen LogP contribution < -0.4 is 0 Å². The average Bonchev–Trinajstić information content (AvgIpc) is 2.83. The standard InChI is InChI=1S/C16H22N2O/c1-16-10-12-11-17-18-15(12)9-14(16)7-4-6-13(16)5-2-3-8-19/h2-3,9,11,13,19H,4-8,10H2,1H3,(H,17,18)/b3-2-/t13-,16+/m0/s1. The van der Waals surface area contributed by atoms with Crippen LogP contribution in [0.2, 0.25) is 0 Å². The van der Waals surface area contributed by atoms with Crippen molar-refractivity contribution in [2.75, 3.05) is 6.61 Å². The summed E-state index contributed by atoms with van der Waals surface area (Å²) in [5.74, 6) is 0.679. The van der Waals surface area contributed by atoms with Gasteiger partial charge in [-0.05, 0) is 55.1 Å². The van der Waals surface area contributed by atoms with Gasteiger partial charge < -0.3 is 5.11 Å². The van der Waals surface area contributed by atoms with Gasteiger partial charge in [-0.2, -0.15) is 5.10 Å². The molecule has 1 heterocycles. The molecule has 3 nitrogen and oxygen atoms in total. The predicted molar refractivity (Wildman–Crippen MR) is 76.6 cm³/mol. The fourth-order valence-electron chi connectivity index (χ4n) is 3.77. The molecule has 2 aliphatic carbocycles. The Labute approximate surface area is 114 Å². The summed E-state index contributed by atoms with van der Waals surface area (Å²) < 4.78 is 0. The Kier molecular flexibility index (Phi) is 3.31. The Morgan fingerprint density at radius 3 is 3.26 bits per heavy atom.